The maximum atomic E-state index is 6.83. The second-order valence-corrected chi connectivity index (χ2v) is 13.7. The van der Waals surface area contributed by atoms with Crippen LogP contribution in [-0.2, 0) is 14.2 Å². The molecule has 8 atom stereocenters. The third kappa shape index (κ3) is 8.85. The summed E-state index contributed by atoms with van der Waals surface area (Å²) >= 11 is 0. The molecule has 4 aromatic rings. The van der Waals surface area contributed by atoms with Gasteiger partial charge in [-0.2, -0.15) is 0 Å². The summed E-state index contributed by atoms with van der Waals surface area (Å²) in [7, 11) is 13.0. The number of hydrogen-bond donors (Lipinski definition) is 0. The average Bonchev–Trinajstić information content (AvgIpc) is 3.51. The van der Waals surface area contributed by atoms with Crippen molar-refractivity contribution in [3.63, 3.8) is 0 Å². The van der Waals surface area contributed by atoms with Gasteiger partial charge in [0.1, 0.15) is 24.4 Å². The lowest BCUT2D eigenvalue weighted by Gasteiger charge is -2.26. The molecule has 0 aliphatic carbocycles. The van der Waals surface area contributed by atoms with Gasteiger partial charge < -0.3 is 52.1 Å². The Balaban J connectivity index is 1.31. The fourth-order valence-corrected chi connectivity index (χ4v) is 7.42. The van der Waals surface area contributed by atoms with Crippen LogP contribution in [-0.4, -0.2) is 69.1 Å². The Morgan fingerprint density at radius 3 is 1.07 bits per heavy atom. The highest BCUT2D eigenvalue weighted by molar-refractivity contribution is 5.48. The Morgan fingerprint density at radius 2 is 0.745 bits per heavy atom. The van der Waals surface area contributed by atoms with Crippen LogP contribution in [0.25, 0.3) is 0 Å². The van der Waals surface area contributed by atoms with E-state index >= 15 is 0 Å². The summed E-state index contributed by atoms with van der Waals surface area (Å²) in [6.45, 7) is 8.37. The Labute approximate surface area is 325 Å². The standard InChI is InChI=1S/C44H56O11/c1-25-26(2)42(30-16-20-36(40(22-30)50-10)54-28(4)44(52-12)32-14-18-34(46-6)38(24-32)48-8)55-41(25)29-15-19-35(39(21-29)49-9)53-27(3)43(51-11)31-13-17-33(45-5)37(23-31)47-7/h13-28,41-44H,1-12H3/t25-,26-,27?,28?,41+,42+,43?,44?/m1/s1. The van der Waals surface area contributed by atoms with Crippen LogP contribution in [0.3, 0.4) is 0 Å². The molecule has 4 aromatic carbocycles. The topological polar surface area (TPSA) is 102 Å². The van der Waals surface area contributed by atoms with Crippen molar-refractivity contribution in [2.24, 2.45) is 11.8 Å². The molecule has 11 nitrogen and oxygen atoms in total. The summed E-state index contributed by atoms with van der Waals surface area (Å²) < 4.78 is 65.0. The van der Waals surface area contributed by atoms with Crippen LogP contribution in [0.2, 0.25) is 0 Å². The van der Waals surface area contributed by atoms with Crippen LogP contribution >= 0.6 is 0 Å². The quantitative estimate of drug-likeness (QED) is 0.0971. The van der Waals surface area contributed by atoms with E-state index in [1.54, 1.807) is 56.9 Å². The first-order valence-corrected chi connectivity index (χ1v) is 18.4. The van der Waals surface area contributed by atoms with Crippen LogP contribution in [0.15, 0.2) is 72.8 Å². The van der Waals surface area contributed by atoms with E-state index in [4.69, 9.17) is 52.1 Å². The van der Waals surface area contributed by atoms with Crippen molar-refractivity contribution in [3.05, 3.63) is 95.1 Å². The maximum Gasteiger partial charge on any atom is 0.161 e. The van der Waals surface area contributed by atoms with Crippen molar-refractivity contribution in [2.75, 3.05) is 56.9 Å². The van der Waals surface area contributed by atoms with E-state index in [2.05, 4.69) is 13.8 Å². The van der Waals surface area contributed by atoms with Crippen molar-refractivity contribution >= 4 is 0 Å². The second kappa shape index (κ2) is 18.7. The highest BCUT2D eigenvalue weighted by Gasteiger charge is 2.41. The van der Waals surface area contributed by atoms with Crippen LogP contribution in [0, 0.1) is 11.8 Å². The summed E-state index contributed by atoms with van der Waals surface area (Å²) in [6.07, 6.45) is -1.82. The van der Waals surface area contributed by atoms with Crippen molar-refractivity contribution in [3.8, 4) is 46.0 Å². The molecule has 55 heavy (non-hydrogen) atoms. The number of benzene rings is 4. The molecule has 0 radical (unpaired) electrons. The van der Waals surface area contributed by atoms with Gasteiger partial charge in [-0.15, -0.1) is 0 Å². The molecule has 0 aromatic heterocycles. The molecule has 11 heteroatoms. The third-order valence-corrected chi connectivity index (χ3v) is 10.6. The molecule has 1 aliphatic rings. The summed E-state index contributed by atoms with van der Waals surface area (Å²) in [4.78, 5) is 0. The molecular weight excluding hydrogens is 704 g/mol. The van der Waals surface area contributed by atoms with Gasteiger partial charge in [0, 0.05) is 14.2 Å². The summed E-state index contributed by atoms with van der Waals surface area (Å²) in [6, 6.07) is 23.4. The van der Waals surface area contributed by atoms with Gasteiger partial charge >= 0.3 is 0 Å². The summed E-state index contributed by atoms with van der Waals surface area (Å²) in [5.74, 6) is 5.36. The minimum absolute atomic E-state index is 0.176. The van der Waals surface area contributed by atoms with Gasteiger partial charge in [-0.1, -0.05) is 38.1 Å². The molecule has 0 spiro atoms. The third-order valence-electron chi connectivity index (χ3n) is 10.6. The zero-order chi connectivity index (χ0) is 39.8. The number of rotatable bonds is 18. The first-order chi connectivity index (χ1) is 26.5. The van der Waals surface area contributed by atoms with Gasteiger partial charge in [0.15, 0.2) is 46.0 Å². The van der Waals surface area contributed by atoms with Crippen molar-refractivity contribution in [2.45, 2.75) is 64.3 Å². The van der Waals surface area contributed by atoms with Gasteiger partial charge in [-0.3, -0.25) is 0 Å². The van der Waals surface area contributed by atoms with Crippen LogP contribution in [0.1, 0.15) is 74.4 Å². The van der Waals surface area contributed by atoms with Gasteiger partial charge in [0.25, 0.3) is 0 Å². The van der Waals surface area contributed by atoms with E-state index < -0.39 is 0 Å². The Morgan fingerprint density at radius 1 is 0.418 bits per heavy atom. The van der Waals surface area contributed by atoms with Crippen LogP contribution in [0.4, 0.5) is 0 Å². The zero-order valence-corrected chi connectivity index (χ0v) is 34.0. The second-order valence-electron chi connectivity index (χ2n) is 13.7. The average molecular weight is 761 g/mol. The minimum Gasteiger partial charge on any atom is -0.493 e. The number of ether oxygens (including phenoxy) is 11. The van der Waals surface area contributed by atoms with E-state index in [1.807, 2.05) is 86.6 Å². The first-order valence-electron chi connectivity index (χ1n) is 18.4. The number of methoxy groups -OCH3 is 8. The highest BCUT2D eigenvalue weighted by Crippen LogP contribution is 2.51. The van der Waals surface area contributed by atoms with Crippen molar-refractivity contribution < 1.29 is 52.1 Å². The van der Waals surface area contributed by atoms with Gasteiger partial charge in [0.2, 0.25) is 0 Å². The van der Waals surface area contributed by atoms with E-state index in [1.165, 1.54) is 0 Å². The molecule has 5 rings (SSSR count). The minimum atomic E-state index is -0.375. The molecule has 0 bridgehead atoms. The molecule has 0 amide bonds. The van der Waals surface area contributed by atoms with E-state index in [0.29, 0.717) is 46.0 Å². The lowest BCUT2D eigenvalue weighted by atomic mass is 9.85. The van der Waals surface area contributed by atoms with E-state index in [9.17, 15) is 0 Å². The molecule has 1 heterocycles. The largest absolute Gasteiger partial charge is 0.493 e. The van der Waals surface area contributed by atoms with Crippen molar-refractivity contribution in [1.29, 1.82) is 0 Å². The lowest BCUT2D eigenvalue weighted by molar-refractivity contribution is 0.00798. The first kappa shape index (κ1) is 41.3. The zero-order valence-electron chi connectivity index (χ0n) is 34.0. The van der Waals surface area contributed by atoms with Crippen LogP contribution in [0.5, 0.6) is 46.0 Å². The molecule has 4 unspecified atom stereocenters. The normalized spacial score (nSPS) is 20.1. The summed E-state index contributed by atoms with van der Waals surface area (Å²) in [5, 5.41) is 0. The molecule has 298 valence electrons. The SMILES string of the molecule is COc1ccc(C(OC)C(C)Oc2ccc([C@H]3O[C@H](c4ccc(OC(C)C(OC)c5ccc(OC)c(OC)c5)c(OC)c4)[C@H](C)[C@H]3C)cc2OC)cc1OC. The molecule has 1 aliphatic heterocycles. The highest BCUT2D eigenvalue weighted by atomic mass is 16.6. The fourth-order valence-electron chi connectivity index (χ4n) is 7.42. The Bertz CT molecular complexity index is 1730. The van der Waals surface area contributed by atoms with Gasteiger partial charge in [0.05, 0.1) is 54.9 Å². The van der Waals surface area contributed by atoms with E-state index in [-0.39, 0.29) is 48.5 Å². The molecule has 1 saturated heterocycles. The molecule has 1 fully saturated rings. The van der Waals surface area contributed by atoms with Crippen molar-refractivity contribution in [1.82, 2.24) is 0 Å². The Hall–Kier alpha value is -4.84. The molecule has 0 saturated carbocycles. The van der Waals surface area contributed by atoms with Gasteiger partial charge in [-0.05, 0) is 96.5 Å². The Kier molecular flexibility index (Phi) is 14.0. The summed E-state index contributed by atoms with van der Waals surface area (Å²) in [5.41, 5.74) is 3.80. The fraction of sp³-hybridized carbons (Fsp3) is 0.455. The van der Waals surface area contributed by atoms with E-state index in [0.717, 1.165) is 22.3 Å². The smallest absolute Gasteiger partial charge is 0.161 e. The predicted octanol–water partition coefficient (Wildman–Crippen LogP) is 9.13. The number of hydrogen-bond acceptors (Lipinski definition) is 11. The lowest BCUT2D eigenvalue weighted by Crippen LogP contribution is -2.24. The molecular formula is C44H56O11. The van der Waals surface area contributed by atoms with Crippen LogP contribution < -0.4 is 37.9 Å². The maximum absolute atomic E-state index is 6.83. The molecule has 0 N–H and O–H groups in total. The van der Waals surface area contributed by atoms with Gasteiger partial charge in [-0.25, -0.2) is 0 Å². The monoisotopic (exact) mass is 760 g/mol. The predicted molar refractivity (Wildman–Crippen MR) is 210 cm³/mol.